The zero-order chi connectivity index (χ0) is 15.4. The molecular formula is C17H14O2S3. The van der Waals surface area contributed by atoms with Crippen molar-refractivity contribution >= 4 is 32.5 Å². The fourth-order valence-electron chi connectivity index (χ4n) is 3.23. The van der Waals surface area contributed by atoms with Crippen LogP contribution in [0.1, 0.15) is 18.1 Å². The van der Waals surface area contributed by atoms with Crippen molar-refractivity contribution < 1.29 is 8.42 Å². The van der Waals surface area contributed by atoms with Crippen LogP contribution in [0.25, 0.3) is 9.75 Å². The van der Waals surface area contributed by atoms with Gasteiger partial charge in [0.2, 0.25) is 0 Å². The molecule has 0 N–H and O–H groups in total. The van der Waals surface area contributed by atoms with Gasteiger partial charge in [-0.2, -0.15) is 0 Å². The smallest absolute Gasteiger partial charge is 0.179 e. The van der Waals surface area contributed by atoms with Crippen LogP contribution in [0.15, 0.2) is 58.1 Å². The van der Waals surface area contributed by atoms with Crippen molar-refractivity contribution in [3.63, 3.8) is 0 Å². The van der Waals surface area contributed by atoms with E-state index in [1.54, 1.807) is 46.9 Å². The van der Waals surface area contributed by atoms with E-state index >= 15 is 0 Å². The summed E-state index contributed by atoms with van der Waals surface area (Å²) in [5.74, 6) is 0.109. The Labute approximate surface area is 138 Å². The van der Waals surface area contributed by atoms with E-state index in [0.29, 0.717) is 4.90 Å². The summed E-state index contributed by atoms with van der Waals surface area (Å²) in [5.41, 5.74) is 1.84. The first kappa shape index (κ1) is 14.2. The SMILES string of the molecule is CC1(CS(=O)(=O)c2ccccc2)c2ccsc2-c2sccc21. The molecule has 0 radical (unpaired) electrons. The summed E-state index contributed by atoms with van der Waals surface area (Å²) in [7, 11) is -3.33. The molecule has 2 nitrogen and oxygen atoms in total. The maximum atomic E-state index is 12.9. The number of sulfone groups is 1. The topological polar surface area (TPSA) is 34.1 Å². The Balaban J connectivity index is 1.84. The summed E-state index contributed by atoms with van der Waals surface area (Å²) in [4.78, 5) is 2.86. The molecule has 22 heavy (non-hydrogen) atoms. The average molecular weight is 346 g/mol. The van der Waals surface area contributed by atoms with E-state index in [9.17, 15) is 8.42 Å². The zero-order valence-electron chi connectivity index (χ0n) is 11.9. The molecule has 4 rings (SSSR count). The summed E-state index contributed by atoms with van der Waals surface area (Å²) in [5, 5.41) is 4.11. The van der Waals surface area contributed by atoms with Crippen molar-refractivity contribution in [3.8, 4) is 9.75 Å². The summed E-state index contributed by atoms with van der Waals surface area (Å²) < 4.78 is 25.7. The molecule has 0 amide bonds. The summed E-state index contributed by atoms with van der Waals surface area (Å²) in [6.07, 6.45) is 0. The zero-order valence-corrected chi connectivity index (χ0v) is 14.4. The average Bonchev–Trinajstić information content (AvgIpc) is 3.19. The summed E-state index contributed by atoms with van der Waals surface area (Å²) in [6.45, 7) is 2.05. The third-order valence-corrected chi connectivity index (χ3v) is 8.25. The van der Waals surface area contributed by atoms with E-state index in [1.165, 1.54) is 9.75 Å². The molecule has 0 spiro atoms. The summed E-state index contributed by atoms with van der Waals surface area (Å²) in [6, 6.07) is 12.9. The van der Waals surface area contributed by atoms with Crippen LogP contribution in [0, 0.1) is 0 Å². The number of hydrogen-bond donors (Lipinski definition) is 0. The van der Waals surface area contributed by atoms with Crippen LogP contribution in [-0.4, -0.2) is 14.2 Å². The van der Waals surface area contributed by atoms with Gasteiger partial charge >= 0.3 is 0 Å². The van der Waals surface area contributed by atoms with Gasteiger partial charge in [0.05, 0.1) is 10.6 Å². The van der Waals surface area contributed by atoms with E-state index in [1.807, 2.05) is 6.07 Å². The van der Waals surface area contributed by atoms with Crippen molar-refractivity contribution in [3.05, 3.63) is 64.4 Å². The Bertz CT molecular complexity index is 893. The number of fused-ring (bicyclic) bond motifs is 3. The Kier molecular flexibility index (Phi) is 3.08. The van der Waals surface area contributed by atoms with Gasteiger partial charge in [0.15, 0.2) is 9.84 Å². The molecular weight excluding hydrogens is 332 g/mol. The van der Waals surface area contributed by atoms with Crippen LogP contribution in [0.2, 0.25) is 0 Å². The lowest BCUT2D eigenvalue weighted by Crippen LogP contribution is -2.30. The number of thiophene rings is 2. The van der Waals surface area contributed by atoms with E-state index < -0.39 is 15.3 Å². The molecule has 0 saturated carbocycles. The molecule has 1 aliphatic carbocycles. The Morgan fingerprint density at radius 3 is 2.00 bits per heavy atom. The van der Waals surface area contributed by atoms with E-state index in [0.717, 1.165) is 11.1 Å². The van der Waals surface area contributed by atoms with Crippen molar-refractivity contribution in [1.82, 2.24) is 0 Å². The second-order valence-electron chi connectivity index (χ2n) is 5.73. The minimum atomic E-state index is -3.33. The van der Waals surface area contributed by atoms with Crippen molar-refractivity contribution in [2.45, 2.75) is 17.2 Å². The Morgan fingerprint density at radius 1 is 0.909 bits per heavy atom. The lowest BCUT2D eigenvalue weighted by molar-refractivity contribution is 0.572. The van der Waals surface area contributed by atoms with E-state index in [2.05, 4.69) is 29.8 Å². The molecule has 0 fully saturated rings. The van der Waals surface area contributed by atoms with Crippen molar-refractivity contribution in [2.24, 2.45) is 0 Å². The predicted octanol–water partition coefficient (Wildman–Crippen LogP) is 4.57. The number of rotatable bonds is 3. The largest absolute Gasteiger partial charge is 0.224 e. The highest BCUT2D eigenvalue weighted by Gasteiger charge is 2.44. The molecule has 0 unspecified atom stereocenters. The molecule has 0 atom stereocenters. The predicted molar refractivity (Wildman–Crippen MR) is 92.6 cm³/mol. The fourth-order valence-corrected chi connectivity index (χ4v) is 7.28. The second-order valence-corrected chi connectivity index (χ2v) is 9.55. The minimum absolute atomic E-state index is 0.109. The van der Waals surface area contributed by atoms with Gasteiger partial charge in [0, 0.05) is 15.2 Å². The molecule has 5 heteroatoms. The van der Waals surface area contributed by atoms with Crippen molar-refractivity contribution in [2.75, 3.05) is 5.75 Å². The second kappa shape index (κ2) is 4.78. The monoisotopic (exact) mass is 346 g/mol. The Hall–Kier alpha value is -1.43. The standard InChI is InChI=1S/C17H14O2S3/c1-17(11-22(18,19)12-5-3-2-4-6-12)13-7-9-20-15(13)16-14(17)8-10-21-16/h2-10H,11H2,1H3. The molecule has 0 aliphatic heterocycles. The molecule has 2 heterocycles. The molecule has 112 valence electrons. The maximum absolute atomic E-state index is 12.9. The molecule has 2 aromatic heterocycles. The highest BCUT2D eigenvalue weighted by atomic mass is 32.2. The van der Waals surface area contributed by atoms with Crippen LogP contribution >= 0.6 is 22.7 Å². The summed E-state index contributed by atoms with van der Waals surface area (Å²) >= 11 is 3.40. The lowest BCUT2D eigenvalue weighted by atomic mass is 9.84. The third kappa shape index (κ3) is 1.93. The first-order chi connectivity index (χ1) is 10.5. The first-order valence-corrected chi connectivity index (χ1v) is 10.4. The van der Waals surface area contributed by atoms with Gasteiger partial charge < -0.3 is 0 Å². The van der Waals surface area contributed by atoms with Crippen LogP contribution < -0.4 is 0 Å². The van der Waals surface area contributed by atoms with Gasteiger partial charge in [-0.1, -0.05) is 25.1 Å². The van der Waals surface area contributed by atoms with Gasteiger partial charge in [0.25, 0.3) is 0 Å². The number of hydrogen-bond acceptors (Lipinski definition) is 4. The maximum Gasteiger partial charge on any atom is 0.179 e. The number of benzene rings is 1. The minimum Gasteiger partial charge on any atom is -0.224 e. The first-order valence-electron chi connectivity index (χ1n) is 6.96. The fraction of sp³-hybridized carbons (Fsp3) is 0.176. The van der Waals surface area contributed by atoms with Crippen LogP contribution in [0.4, 0.5) is 0 Å². The van der Waals surface area contributed by atoms with Gasteiger partial charge in [-0.15, -0.1) is 22.7 Å². The van der Waals surface area contributed by atoms with Gasteiger partial charge in [0.1, 0.15) is 0 Å². The van der Waals surface area contributed by atoms with Gasteiger partial charge in [-0.25, -0.2) is 8.42 Å². The molecule has 1 aliphatic rings. The normalized spacial score (nSPS) is 15.5. The van der Waals surface area contributed by atoms with Crippen LogP contribution in [0.3, 0.4) is 0 Å². The van der Waals surface area contributed by atoms with E-state index in [-0.39, 0.29) is 5.75 Å². The Morgan fingerprint density at radius 2 is 1.45 bits per heavy atom. The lowest BCUT2D eigenvalue weighted by Gasteiger charge is -2.25. The highest BCUT2D eigenvalue weighted by Crippen LogP contribution is 2.54. The van der Waals surface area contributed by atoms with Crippen LogP contribution in [0.5, 0.6) is 0 Å². The molecule has 1 aromatic carbocycles. The molecule has 0 saturated heterocycles. The van der Waals surface area contributed by atoms with E-state index in [4.69, 9.17) is 0 Å². The van der Waals surface area contributed by atoms with Gasteiger partial charge in [-0.3, -0.25) is 0 Å². The third-order valence-electron chi connectivity index (χ3n) is 4.31. The van der Waals surface area contributed by atoms with Crippen LogP contribution in [-0.2, 0) is 15.3 Å². The van der Waals surface area contributed by atoms with Crippen molar-refractivity contribution in [1.29, 1.82) is 0 Å². The highest BCUT2D eigenvalue weighted by molar-refractivity contribution is 7.91. The molecule has 3 aromatic rings. The molecule has 0 bridgehead atoms. The quantitative estimate of drug-likeness (QED) is 0.696. The van der Waals surface area contributed by atoms with Gasteiger partial charge in [-0.05, 0) is 46.2 Å².